The van der Waals surface area contributed by atoms with Crippen molar-refractivity contribution in [2.24, 2.45) is 5.16 Å². The maximum atomic E-state index is 11.5. The Kier molecular flexibility index (Phi) is 1.65. The van der Waals surface area contributed by atoms with Gasteiger partial charge in [0.05, 0.1) is 0 Å². The Morgan fingerprint density at radius 3 is 2.69 bits per heavy atom. The van der Waals surface area contributed by atoms with Crippen LogP contribution in [0.5, 0.6) is 0 Å². The number of ketones is 1. The van der Waals surface area contributed by atoms with Crippen molar-refractivity contribution in [1.29, 1.82) is 0 Å². The summed E-state index contributed by atoms with van der Waals surface area (Å²) in [6.07, 6.45) is 0. The van der Waals surface area contributed by atoms with Crippen LogP contribution in [0.3, 0.4) is 0 Å². The smallest absolute Gasteiger partial charge is 0.211 e. The molecule has 0 heterocycles. The molecule has 1 aromatic rings. The number of fused-ring (bicyclic) bond motifs is 1. The molecule has 0 aromatic heterocycles. The predicted octanol–water partition coefficient (Wildman–Crippen LogP) is 1.82. The zero-order valence-electron chi connectivity index (χ0n) is 7.19. The number of oxime groups is 1. The van der Waals surface area contributed by atoms with Crippen molar-refractivity contribution in [3.05, 3.63) is 35.4 Å². The SMILES string of the molecule is CC1/C(=N/O)C(=O)c2ccccc21. The van der Waals surface area contributed by atoms with Crippen LogP contribution in [0.15, 0.2) is 29.4 Å². The van der Waals surface area contributed by atoms with Gasteiger partial charge >= 0.3 is 0 Å². The number of benzene rings is 1. The van der Waals surface area contributed by atoms with Gasteiger partial charge in [-0.15, -0.1) is 0 Å². The first-order valence-electron chi connectivity index (χ1n) is 4.11. The second-order valence-electron chi connectivity index (χ2n) is 3.12. The van der Waals surface area contributed by atoms with E-state index in [-0.39, 0.29) is 17.4 Å². The normalized spacial score (nSPS) is 23.6. The lowest BCUT2D eigenvalue weighted by Gasteiger charge is -2.00. The van der Waals surface area contributed by atoms with Gasteiger partial charge in [0.1, 0.15) is 5.71 Å². The van der Waals surface area contributed by atoms with Crippen molar-refractivity contribution in [3.63, 3.8) is 0 Å². The molecule has 3 nitrogen and oxygen atoms in total. The van der Waals surface area contributed by atoms with Crippen molar-refractivity contribution in [1.82, 2.24) is 0 Å². The lowest BCUT2D eigenvalue weighted by Crippen LogP contribution is -2.10. The van der Waals surface area contributed by atoms with Crippen LogP contribution in [0.1, 0.15) is 28.8 Å². The molecule has 66 valence electrons. The highest BCUT2D eigenvalue weighted by Crippen LogP contribution is 2.30. The van der Waals surface area contributed by atoms with E-state index in [1.807, 2.05) is 25.1 Å². The van der Waals surface area contributed by atoms with Gasteiger partial charge in [-0.05, 0) is 5.56 Å². The minimum absolute atomic E-state index is 0.0892. The third-order valence-corrected chi connectivity index (χ3v) is 2.42. The van der Waals surface area contributed by atoms with Crippen LogP contribution < -0.4 is 0 Å². The molecular formula is C10H9NO2. The molecule has 1 atom stereocenters. The van der Waals surface area contributed by atoms with Gasteiger partial charge in [0.2, 0.25) is 5.78 Å². The van der Waals surface area contributed by atoms with E-state index in [1.54, 1.807) is 6.07 Å². The summed E-state index contributed by atoms with van der Waals surface area (Å²) in [5.41, 5.74) is 1.84. The summed E-state index contributed by atoms with van der Waals surface area (Å²) >= 11 is 0. The third-order valence-electron chi connectivity index (χ3n) is 2.42. The number of hydrogen-bond acceptors (Lipinski definition) is 3. The number of hydrogen-bond donors (Lipinski definition) is 1. The van der Waals surface area contributed by atoms with Gasteiger partial charge in [-0.1, -0.05) is 36.3 Å². The molecule has 1 N–H and O–H groups in total. The lowest BCUT2D eigenvalue weighted by molar-refractivity contribution is 0.106. The van der Waals surface area contributed by atoms with E-state index in [0.29, 0.717) is 5.56 Å². The summed E-state index contributed by atoms with van der Waals surface area (Å²) in [5.74, 6) is -0.251. The Morgan fingerprint density at radius 2 is 2.08 bits per heavy atom. The number of carbonyl (C=O) groups excluding carboxylic acids is 1. The van der Waals surface area contributed by atoms with Crippen molar-refractivity contribution in [2.45, 2.75) is 12.8 Å². The number of carbonyl (C=O) groups is 1. The van der Waals surface area contributed by atoms with Crippen LogP contribution in [0.25, 0.3) is 0 Å². The monoisotopic (exact) mass is 175 g/mol. The van der Waals surface area contributed by atoms with E-state index < -0.39 is 0 Å². The molecule has 0 spiro atoms. The zero-order valence-corrected chi connectivity index (χ0v) is 7.19. The molecule has 1 aromatic carbocycles. The Hall–Kier alpha value is -1.64. The largest absolute Gasteiger partial charge is 0.411 e. The number of Topliss-reactive ketones (excluding diaryl/α,β-unsaturated/α-hetero) is 1. The first-order chi connectivity index (χ1) is 6.25. The second kappa shape index (κ2) is 2.69. The van der Waals surface area contributed by atoms with E-state index >= 15 is 0 Å². The Balaban J connectivity index is 2.64. The van der Waals surface area contributed by atoms with Crippen LogP contribution in [-0.4, -0.2) is 16.7 Å². The summed E-state index contributed by atoms with van der Waals surface area (Å²) in [7, 11) is 0. The number of rotatable bonds is 0. The number of nitrogens with zero attached hydrogens (tertiary/aromatic N) is 1. The molecule has 1 aliphatic carbocycles. The van der Waals surface area contributed by atoms with E-state index in [0.717, 1.165) is 5.56 Å². The van der Waals surface area contributed by atoms with Crippen LogP contribution in [0, 0.1) is 0 Å². The van der Waals surface area contributed by atoms with Gasteiger partial charge in [-0.3, -0.25) is 4.79 Å². The Morgan fingerprint density at radius 1 is 1.38 bits per heavy atom. The molecular weight excluding hydrogens is 166 g/mol. The van der Waals surface area contributed by atoms with Gasteiger partial charge in [0.15, 0.2) is 0 Å². The third kappa shape index (κ3) is 0.967. The topological polar surface area (TPSA) is 49.7 Å². The zero-order chi connectivity index (χ0) is 9.42. The van der Waals surface area contributed by atoms with E-state index in [9.17, 15) is 4.79 Å². The minimum Gasteiger partial charge on any atom is -0.411 e. The highest BCUT2D eigenvalue weighted by atomic mass is 16.4. The molecule has 3 heteroatoms. The average Bonchev–Trinajstić information content (AvgIpc) is 2.41. The van der Waals surface area contributed by atoms with Gasteiger partial charge in [0, 0.05) is 11.5 Å². The predicted molar refractivity (Wildman–Crippen MR) is 48.4 cm³/mol. The highest BCUT2D eigenvalue weighted by molar-refractivity contribution is 6.50. The van der Waals surface area contributed by atoms with Gasteiger partial charge in [0.25, 0.3) is 0 Å². The second-order valence-corrected chi connectivity index (χ2v) is 3.12. The standard InChI is InChI=1S/C10H9NO2/c1-6-7-4-2-3-5-8(7)10(12)9(6)11-13/h2-6,13H,1H3/b11-9-. The summed E-state index contributed by atoms with van der Waals surface area (Å²) in [6, 6.07) is 7.33. The molecule has 0 saturated heterocycles. The minimum atomic E-state index is -0.161. The Labute approximate surface area is 75.7 Å². The molecule has 13 heavy (non-hydrogen) atoms. The molecule has 0 bridgehead atoms. The van der Waals surface area contributed by atoms with E-state index in [1.165, 1.54) is 0 Å². The molecule has 0 aliphatic heterocycles. The molecule has 1 unspecified atom stereocenters. The van der Waals surface area contributed by atoms with E-state index in [4.69, 9.17) is 5.21 Å². The summed E-state index contributed by atoms with van der Waals surface area (Å²) in [5, 5.41) is 11.7. The van der Waals surface area contributed by atoms with Crippen molar-refractivity contribution < 1.29 is 10.0 Å². The maximum Gasteiger partial charge on any atom is 0.211 e. The molecule has 0 amide bonds. The fraction of sp³-hybridized carbons (Fsp3) is 0.200. The Bertz CT molecular complexity index is 396. The van der Waals surface area contributed by atoms with Crippen LogP contribution in [0.4, 0.5) is 0 Å². The first kappa shape index (κ1) is 7.98. The summed E-state index contributed by atoms with van der Waals surface area (Å²) < 4.78 is 0. The quantitative estimate of drug-likeness (QED) is 0.483. The van der Waals surface area contributed by atoms with Gasteiger partial charge in [-0.2, -0.15) is 0 Å². The molecule has 0 fully saturated rings. The fourth-order valence-corrected chi connectivity index (χ4v) is 1.70. The van der Waals surface area contributed by atoms with Crippen molar-refractivity contribution >= 4 is 11.5 Å². The van der Waals surface area contributed by atoms with Crippen molar-refractivity contribution in [3.8, 4) is 0 Å². The maximum absolute atomic E-state index is 11.5. The van der Waals surface area contributed by atoms with Gasteiger partial charge < -0.3 is 5.21 Å². The summed E-state index contributed by atoms with van der Waals surface area (Å²) in [6.45, 7) is 1.86. The van der Waals surface area contributed by atoms with Crippen LogP contribution in [0.2, 0.25) is 0 Å². The van der Waals surface area contributed by atoms with Crippen LogP contribution in [-0.2, 0) is 0 Å². The van der Waals surface area contributed by atoms with Crippen molar-refractivity contribution in [2.75, 3.05) is 0 Å². The summed E-state index contributed by atoms with van der Waals surface area (Å²) in [4.78, 5) is 11.5. The van der Waals surface area contributed by atoms with Gasteiger partial charge in [-0.25, -0.2) is 0 Å². The fourth-order valence-electron chi connectivity index (χ4n) is 1.70. The first-order valence-corrected chi connectivity index (χ1v) is 4.11. The molecule has 1 aliphatic rings. The molecule has 0 radical (unpaired) electrons. The highest BCUT2D eigenvalue weighted by Gasteiger charge is 2.33. The van der Waals surface area contributed by atoms with Crippen LogP contribution >= 0.6 is 0 Å². The van der Waals surface area contributed by atoms with E-state index in [2.05, 4.69) is 5.16 Å². The molecule has 2 rings (SSSR count). The average molecular weight is 175 g/mol. The lowest BCUT2D eigenvalue weighted by atomic mass is 10.0. The molecule has 0 saturated carbocycles.